The summed E-state index contributed by atoms with van der Waals surface area (Å²) in [6.07, 6.45) is 5.09. The Hall–Kier alpha value is -1.91. The molecule has 0 atom stereocenters. The van der Waals surface area contributed by atoms with Crippen LogP contribution in [-0.4, -0.2) is 31.8 Å². The van der Waals surface area contributed by atoms with Crippen LogP contribution in [0.2, 0.25) is 0 Å². The maximum Gasteiger partial charge on any atom is 0.191 e. The van der Waals surface area contributed by atoms with Crippen LogP contribution in [0.25, 0.3) is 0 Å². The van der Waals surface area contributed by atoms with E-state index in [0.717, 1.165) is 42.4 Å². The van der Waals surface area contributed by atoms with E-state index in [0.29, 0.717) is 18.7 Å². The molecule has 0 aromatic heterocycles. The monoisotopic (exact) mass is 333 g/mol. The molecule has 0 unspecified atom stereocenters. The smallest absolute Gasteiger partial charge is 0.191 e. The van der Waals surface area contributed by atoms with Crippen LogP contribution in [0.3, 0.4) is 0 Å². The molecule has 1 aromatic rings. The van der Waals surface area contributed by atoms with Gasteiger partial charge >= 0.3 is 0 Å². The topological polar surface area (TPSA) is 54.9 Å². The molecule has 0 bridgehead atoms. The second-order valence-corrected chi connectivity index (χ2v) is 6.50. The standard InChI is InChI=1S/C19H31N3O2/c1-5-20-19(22-14(2)3)21-13-15-10-11-17(23-4)18(12-15)24-16-8-6-7-9-16/h10-12,14,16H,5-9,13H2,1-4H3,(H2,20,21,22). The molecule has 0 heterocycles. The van der Waals surface area contributed by atoms with Crippen LogP contribution in [0.4, 0.5) is 0 Å². The van der Waals surface area contributed by atoms with Gasteiger partial charge in [0.25, 0.3) is 0 Å². The minimum Gasteiger partial charge on any atom is -0.493 e. The van der Waals surface area contributed by atoms with Crippen molar-refractivity contribution in [2.75, 3.05) is 13.7 Å². The largest absolute Gasteiger partial charge is 0.493 e. The molecule has 0 aliphatic heterocycles. The first-order valence-electron chi connectivity index (χ1n) is 9.00. The van der Waals surface area contributed by atoms with Crippen LogP contribution in [-0.2, 0) is 6.54 Å². The van der Waals surface area contributed by atoms with Gasteiger partial charge in [-0.3, -0.25) is 0 Å². The van der Waals surface area contributed by atoms with Crippen molar-refractivity contribution in [2.45, 2.75) is 65.1 Å². The molecule has 5 heteroatoms. The molecule has 134 valence electrons. The van der Waals surface area contributed by atoms with Gasteiger partial charge in [-0.25, -0.2) is 4.99 Å². The van der Waals surface area contributed by atoms with E-state index in [1.807, 2.05) is 12.1 Å². The van der Waals surface area contributed by atoms with Crippen molar-refractivity contribution >= 4 is 5.96 Å². The number of hydrogen-bond donors (Lipinski definition) is 2. The summed E-state index contributed by atoms with van der Waals surface area (Å²) >= 11 is 0. The van der Waals surface area contributed by atoms with Crippen molar-refractivity contribution in [1.82, 2.24) is 10.6 Å². The zero-order valence-electron chi connectivity index (χ0n) is 15.4. The lowest BCUT2D eigenvalue weighted by Gasteiger charge is -2.17. The molecule has 0 radical (unpaired) electrons. The molecule has 1 saturated carbocycles. The molecule has 24 heavy (non-hydrogen) atoms. The summed E-state index contributed by atoms with van der Waals surface area (Å²) in [6, 6.07) is 6.42. The van der Waals surface area contributed by atoms with E-state index in [1.54, 1.807) is 7.11 Å². The highest BCUT2D eigenvalue weighted by Gasteiger charge is 2.18. The molecule has 1 aromatic carbocycles. The van der Waals surface area contributed by atoms with Gasteiger partial charge in [0.15, 0.2) is 17.5 Å². The number of guanidine groups is 1. The number of benzene rings is 1. The minimum absolute atomic E-state index is 0.317. The van der Waals surface area contributed by atoms with Gasteiger partial charge in [0.2, 0.25) is 0 Å². The Kier molecular flexibility index (Phi) is 7.22. The van der Waals surface area contributed by atoms with Crippen LogP contribution >= 0.6 is 0 Å². The Morgan fingerprint density at radius 3 is 2.62 bits per heavy atom. The summed E-state index contributed by atoms with van der Waals surface area (Å²) in [5.74, 6) is 2.46. The predicted molar refractivity (Wildman–Crippen MR) is 99.0 cm³/mol. The van der Waals surface area contributed by atoms with Gasteiger partial charge in [-0.15, -0.1) is 0 Å². The molecule has 2 rings (SSSR count). The maximum absolute atomic E-state index is 6.15. The van der Waals surface area contributed by atoms with Crippen molar-refractivity contribution in [3.05, 3.63) is 23.8 Å². The highest BCUT2D eigenvalue weighted by molar-refractivity contribution is 5.80. The first-order valence-corrected chi connectivity index (χ1v) is 9.00. The van der Waals surface area contributed by atoms with E-state index in [4.69, 9.17) is 9.47 Å². The SMILES string of the molecule is CCNC(=NCc1ccc(OC)c(OC2CCCC2)c1)NC(C)C. The molecule has 1 aliphatic rings. The number of nitrogens with zero attached hydrogens (tertiary/aromatic N) is 1. The second kappa shape index (κ2) is 9.40. The fraction of sp³-hybridized carbons (Fsp3) is 0.632. The molecule has 0 saturated heterocycles. The molecular formula is C19H31N3O2. The first kappa shape index (κ1) is 18.4. The number of hydrogen-bond acceptors (Lipinski definition) is 3. The van der Waals surface area contributed by atoms with E-state index in [-0.39, 0.29) is 0 Å². The number of rotatable bonds is 7. The Labute approximate surface area is 145 Å². The van der Waals surface area contributed by atoms with E-state index in [2.05, 4.69) is 42.5 Å². The minimum atomic E-state index is 0.317. The highest BCUT2D eigenvalue weighted by atomic mass is 16.5. The lowest BCUT2D eigenvalue weighted by molar-refractivity contribution is 0.200. The Morgan fingerprint density at radius 2 is 2.00 bits per heavy atom. The van der Waals surface area contributed by atoms with Crippen molar-refractivity contribution in [1.29, 1.82) is 0 Å². The summed E-state index contributed by atoms with van der Waals surface area (Å²) in [6.45, 7) is 7.73. The highest BCUT2D eigenvalue weighted by Crippen LogP contribution is 2.32. The third-order valence-corrected chi connectivity index (χ3v) is 4.01. The third kappa shape index (κ3) is 5.62. The second-order valence-electron chi connectivity index (χ2n) is 6.50. The Balaban J connectivity index is 2.08. The van der Waals surface area contributed by atoms with Crippen LogP contribution in [0, 0.1) is 0 Å². The summed E-state index contributed by atoms with van der Waals surface area (Å²) in [7, 11) is 1.69. The van der Waals surface area contributed by atoms with Gasteiger partial charge in [-0.2, -0.15) is 0 Å². The van der Waals surface area contributed by atoms with Crippen LogP contribution in [0.15, 0.2) is 23.2 Å². The van der Waals surface area contributed by atoms with Gasteiger partial charge in [-0.05, 0) is 64.2 Å². The Bertz CT molecular complexity index is 537. The molecule has 0 spiro atoms. The fourth-order valence-corrected chi connectivity index (χ4v) is 2.86. The lowest BCUT2D eigenvalue weighted by atomic mass is 10.2. The number of methoxy groups -OCH3 is 1. The van der Waals surface area contributed by atoms with Gasteiger partial charge in [0, 0.05) is 12.6 Å². The van der Waals surface area contributed by atoms with E-state index < -0.39 is 0 Å². The summed E-state index contributed by atoms with van der Waals surface area (Å²) in [5.41, 5.74) is 1.12. The van der Waals surface area contributed by atoms with Crippen LogP contribution in [0.1, 0.15) is 52.0 Å². The molecule has 5 nitrogen and oxygen atoms in total. The van der Waals surface area contributed by atoms with Crippen molar-refractivity contribution in [3.63, 3.8) is 0 Å². The van der Waals surface area contributed by atoms with Gasteiger partial charge < -0.3 is 20.1 Å². The van der Waals surface area contributed by atoms with Crippen molar-refractivity contribution < 1.29 is 9.47 Å². The summed E-state index contributed by atoms with van der Waals surface area (Å²) in [5, 5.41) is 6.59. The average Bonchev–Trinajstić information content (AvgIpc) is 3.05. The quantitative estimate of drug-likeness (QED) is 0.592. The maximum atomic E-state index is 6.15. The first-order chi connectivity index (χ1) is 11.6. The Morgan fingerprint density at radius 1 is 1.25 bits per heavy atom. The summed E-state index contributed by atoms with van der Waals surface area (Å²) < 4.78 is 11.6. The molecular weight excluding hydrogens is 302 g/mol. The van der Waals surface area contributed by atoms with Crippen LogP contribution < -0.4 is 20.1 Å². The van der Waals surface area contributed by atoms with Gasteiger partial charge in [0.1, 0.15) is 0 Å². The number of aliphatic imine (C=N–C) groups is 1. The molecule has 1 aliphatic carbocycles. The normalized spacial score (nSPS) is 15.6. The van der Waals surface area contributed by atoms with Gasteiger partial charge in [0.05, 0.1) is 19.8 Å². The van der Waals surface area contributed by atoms with E-state index >= 15 is 0 Å². The van der Waals surface area contributed by atoms with Gasteiger partial charge in [-0.1, -0.05) is 6.07 Å². The third-order valence-electron chi connectivity index (χ3n) is 4.01. The molecule has 0 amide bonds. The zero-order valence-corrected chi connectivity index (χ0v) is 15.4. The van der Waals surface area contributed by atoms with E-state index in [9.17, 15) is 0 Å². The number of nitrogens with one attached hydrogen (secondary N) is 2. The van der Waals surface area contributed by atoms with Crippen LogP contribution in [0.5, 0.6) is 11.5 Å². The lowest BCUT2D eigenvalue weighted by Crippen LogP contribution is -2.40. The van der Waals surface area contributed by atoms with Crippen molar-refractivity contribution in [2.24, 2.45) is 4.99 Å². The predicted octanol–water partition coefficient (Wildman–Crippen LogP) is 3.48. The average molecular weight is 333 g/mol. The number of ether oxygens (including phenoxy) is 2. The zero-order chi connectivity index (χ0) is 17.4. The summed E-state index contributed by atoms with van der Waals surface area (Å²) in [4.78, 5) is 4.65. The fourth-order valence-electron chi connectivity index (χ4n) is 2.86. The molecule has 1 fully saturated rings. The van der Waals surface area contributed by atoms with Crippen molar-refractivity contribution in [3.8, 4) is 11.5 Å². The van der Waals surface area contributed by atoms with E-state index in [1.165, 1.54) is 12.8 Å². The molecule has 2 N–H and O–H groups in total.